The van der Waals surface area contributed by atoms with Crippen LogP contribution in [0.1, 0.15) is 27.5 Å². The van der Waals surface area contributed by atoms with Crippen molar-refractivity contribution in [1.82, 2.24) is 30.4 Å². The van der Waals surface area contributed by atoms with Gasteiger partial charge in [0.05, 0.1) is 12.6 Å². The first kappa shape index (κ1) is 23.3. The molecule has 4 N–H and O–H groups in total. The highest BCUT2D eigenvalue weighted by Gasteiger charge is 2.21. The van der Waals surface area contributed by atoms with Crippen molar-refractivity contribution < 1.29 is 14.4 Å². The molecule has 5 aromatic rings. The van der Waals surface area contributed by atoms with E-state index in [0.29, 0.717) is 35.3 Å². The Balaban J connectivity index is 1.35. The minimum absolute atomic E-state index is 0.0831. The zero-order chi connectivity index (χ0) is 25.9. The normalized spacial score (nSPS) is 13.0. The third-order valence-corrected chi connectivity index (χ3v) is 6.12. The van der Waals surface area contributed by atoms with E-state index in [2.05, 4.69) is 41.0 Å². The smallest absolute Gasteiger partial charge is 0.263 e. The molecule has 4 heterocycles. The van der Waals surface area contributed by atoms with E-state index in [-0.39, 0.29) is 18.4 Å². The van der Waals surface area contributed by atoms with E-state index >= 15 is 0 Å². The summed E-state index contributed by atoms with van der Waals surface area (Å²) in [6.45, 7) is 0.302. The number of fused-ring (bicyclic) bond motifs is 1. The molecule has 6 rings (SSSR count). The number of aliphatic hydroxyl groups excluding tert-OH is 1. The van der Waals surface area contributed by atoms with Gasteiger partial charge in [0.1, 0.15) is 11.4 Å². The fourth-order valence-electron chi connectivity index (χ4n) is 4.18. The maximum Gasteiger partial charge on any atom is 0.263 e. The fourth-order valence-corrected chi connectivity index (χ4v) is 4.18. The van der Waals surface area contributed by atoms with E-state index in [9.17, 15) is 9.90 Å². The van der Waals surface area contributed by atoms with Gasteiger partial charge in [0.2, 0.25) is 11.8 Å². The van der Waals surface area contributed by atoms with E-state index in [1.807, 2.05) is 36.4 Å². The van der Waals surface area contributed by atoms with Gasteiger partial charge in [-0.3, -0.25) is 9.78 Å². The molecule has 0 saturated heterocycles. The van der Waals surface area contributed by atoms with Crippen molar-refractivity contribution in [2.45, 2.75) is 12.6 Å². The summed E-state index contributed by atoms with van der Waals surface area (Å²) in [6, 6.07) is 18.1. The Hall–Kier alpha value is -5.16. The Morgan fingerprint density at radius 1 is 1.03 bits per heavy atom. The number of carbonyl (C=O) groups is 1. The number of aliphatic hydroxyl groups is 1. The van der Waals surface area contributed by atoms with E-state index in [0.717, 1.165) is 22.4 Å². The van der Waals surface area contributed by atoms with Crippen LogP contribution in [0.5, 0.6) is 0 Å². The van der Waals surface area contributed by atoms with Crippen LogP contribution in [-0.4, -0.2) is 42.7 Å². The van der Waals surface area contributed by atoms with Crippen molar-refractivity contribution in [2.24, 2.45) is 0 Å². The number of hydrogen-bond acceptors (Lipinski definition) is 10. The molecule has 0 bridgehead atoms. The van der Waals surface area contributed by atoms with Crippen molar-refractivity contribution in [1.29, 1.82) is 0 Å². The van der Waals surface area contributed by atoms with Gasteiger partial charge in [-0.15, -0.1) is 0 Å². The van der Waals surface area contributed by atoms with Gasteiger partial charge in [0, 0.05) is 41.9 Å². The summed E-state index contributed by atoms with van der Waals surface area (Å²) in [5.41, 5.74) is 4.40. The molecule has 1 aliphatic rings. The third-order valence-electron chi connectivity index (χ3n) is 6.12. The van der Waals surface area contributed by atoms with Crippen LogP contribution in [0.25, 0.3) is 22.8 Å². The van der Waals surface area contributed by atoms with Crippen LogP contribution in [0.3, 0.4) is 0 Å². The molecule has 11 heteroatoms. The summed E-state index contributed by atoms with van der Waals surface area (Å²) in [5.74, 6) is 1.25. The average molecular weight is 507 g/mol. The first-order chi connectivity index (χ1) is 18.7. The first-order valence-electron chi connectivity index (χ1n) is 11.9. The number of rotatable bonds is 8. The van der Waals surface area contributed by atoms with Crippen LogP contribution in [-0.2, 0) is 6.54 Å². The molecule has 11 nitrogen and oxygen atoms in total. The lowest BCUT2D eigenvalue weighted by Crippen LogP contribution is -2.17. The van der Waals surface area contributed by atoms with Gasteiger partial charge >= 0.3 is 0 Å². The van der Waals surface area contributed by atoms with Crippen LogP contribution < -0.4 is 16.0 Å². The molecular weight excluding hydrogens is 484 g/mol. The lowest BCUT2D eigenvalue weighted by Gasteiger charge is -2.19. The second kappa shape index (κ2) is 10.1. The van der Waals surface area contributed by atoms with Crippen LogP contribution in [0.2, 0.25) is 0 Å². The lowest BCUT2D eigenvalue weighted by atomic mass is 10.1. The molecule has 0 saturated carbocycles. The molecular formula is C27H22N8O3. The molecule has 0 spiro atoms. The molecule has 1 amide bonds. The molecule has 2 aromatic carbocycles. The first-order valence-corrected chi connectivity index (χ1v) is 11.9. The van der Waals surface area contributed by atoms with Gasteiger partial charge in [-0.1, -0.05) is 35.5 Å². The van der Waals surface area contributed by atoms with Crippen molar-refractivity contribution in [3.8, 4) is 22.8 Å². The molecule has 188 valence electrons. The number of aromatic nitrogens is 5. The van der Waals surface area contributed by atoms with Crippen LogP contribution >= 0.6 is 0 Å². The predicted octanol–water partition coefficient (Wildman–Crippen LogP) is 3.72. The summed E-state index contributed by atoms with van der Waals surface area (Å²) in [4.78, 5) is 29.6. The van der Waals surface area contributed by atoms with Crippen LogP contribution in [0, 0.1) is 0 Å². The molecule has 1 atom stereocenters. The Kier molecular flexibility index (Phi) is 6.16. The number of carbonyl (C=O) groups excluding carboxylic acids is 1. The number of pyridine rings is 1. The summed E-state index contributed by atoms with van der Waals surface area (Å²) >= 11 is 0. The Bertz CT molecular complexity index is 1590. The highest BCUT2D eigenvalue weighted by atomic mass is 16.5. The van der Waals surface area contributed by atoms with Crippen molar-refractivity contribution in [2.75, 3.05) is 17.2 Å². The summed E-state index contributed by atoms with van der Waals surface area (Å²) in [5, 5.41) is 23.6. The zero-order valence-electron chi connectivity index (χ0n) is 20.0. The molecule has 0 radical (unpaired) electrons. The monoisotopic (exact) mass is 506 g/mol. The topological polar surface area (TPSA) is 151 Å². The molecule has 38 heavy (non-hydrogen) atoms. The summed E-state index contributed by atoms with van der Waals surface area (Å²) in [6.07, 6.45) is 4.89. The standard InChI is InChI=1S/C27H22N8O3/c36-15-22(16-4-2-1-3-5-16)32-24-21(26-33-23(35-38-26)17-8-10-28-11-9-17)14-30-27(34-24)31-19-6-7-20-18(12-19)13-29-25(20)37/h1-12,14,22,36H,13,15H2,(H,29,37)(H2,30,31,32,34)/t22-/m1/s1. The number of benzene rings is 2. The number of hydrogen-bond donors (Lipinski definition) is 4. The second-order valence-electron chi connectivity index (χ2n) is 8.58. The highest BCUT2D eigenvalue weighted by molar-refractivity contribution is 5.98. The minimum Gasteiger partial charge on any atom is -0.394 e. The molecule has 1 aliphatic heterocycles. The van der Waals surface area contributed by atoms with Crippen LogP contribution in [0.4, 0.5) is 17.5 Å². The van der Waals surface area contributed by atoms with Gasteiger partial charge in [-0.25, -0.2) is 4.98 Å². The summed E-state index contributed by atoms with van der Waals surface area (Å²) in [7, 11) is 0. The number of nitrogens with one attached hydrogen (secondary N) is 3. The molecule has 0 unspecified atom stereocenters. The quantitative estimate of drug-likeness (QED) is 0.245. The third kappa shape index (κ3) is 4.65. The number of amides is 1. The molecule has 0 aliphatic carbocycles. The minimum atomic E-state index is -0.447. The van der Waals surface area contributed by atoms with E-state index < -0.39 is 6.04 Å². The average Bonchev–Trinajstić information content (AvgIpc) is 3.60. The SMILES string of the molecule is O=C1NCc2cc(Nc3ncc(-c4nc(-c5ccncc5)no4)c(N[C@H](CO)c4ccccc4)n3)ccc21. The largest absolute Gasteiger partial charge is 0.394 e. The fraction of sp³-hybridized carbons (Fsp3) is 0.111. The second-order valence-corrected chi connectivity index (χ2v) is 8.58. The van der Waals surface area contributed by atoms with Gasteiger partial charge in [0.25, 0.3) is 11.8 Å². The number of nitrogens with zero attached hydrogens (tertiary/aromatic N) is 5. The van der Waals surface area contributed by atoms with Crippen molar-refractivity contribution in [3.05, 3.63) is 95.9 Å². The van der Waals surface area contributed by atoms with E-state index in [1.54, 1.807) is 42.9 Å². The van der Waals surface area contributed by atoms with Crippen molar-refractivity contribution in [3.63, 3.8) is 0 Å². The van der Waals surface area contributed by atoms with E-state index in [1.165, 1.54) is 0 Å². The number of anilines is 3. The molecule has 3 aromatic heterocycles. The van der Waals surface area contributed by atoms with E-state index in [4.69, 9.17) is 4.52 Å². The van der Waals surface area contributed by atoms with Crippen LogP contribution in [0.15, 0.2) is 83.8 Å². The molecule has 0 fully saturated rings. The van der Waals surface area contributed by atoms with Crippen molar-refractivity contribution >= 4 is 23.4 Å². The lowest BCUT2D eigenvalue weighted by molar-refractivity contribution is 0.0965. The Morgan fingerprint density at radius 3 is 2.68 bits per heavy atom. The Morgan fingerprint density at radius 2 is 1.87 bits per heavy atom. The van der Waals surface area contributed by atoms with Gasteiger partial charge in [-0.2, -0.15) is 9.97 Å². The van der Waals surface area contributed by atoms with Gasteiger partial charge < -0.3 is 25.6 Å². The van der Waals surface area contributed by atoms with Gasteiger partial charge in [-0.05, 0) is 41.5 Å². The predicted molar refractivity (Wildman–Crippen MR) is 139 cm³/mol. The zero-order valence-corrected chi connectivity index (χ0v) is 20.0. The maximum atomic E-state index is 11.9. The summed E-state index contributed by atoms with van der Waals surface area (Å²) < 4.78 is 5.56. The van der Waals surface area contributed by atoms with Gasteiger partial charge in [0.15, 0.2) is 0 Å². The highest BCUT2D eigenvalue weighted by Crippen LogP contribution is 2.31. The Labute approximate surface area is 217 Å². The maximum absolute atomic E-state index is 11.9.